The Kier molecular flexibility index (Phi) is 5.01. The predicted octanol–water partition coefficient (Wildman–Crippen LogP) is 3.52. The second-order valence-electron chi connectivity index (χ2n) is 6.78. The van der Waals surface area contributed by atoms with Crippen molar-refractivity contribution >= 4 is 44.8 Å². The Morgan fingerprint density at radius 3 is 2.30 bits per heavy atom. The molecule has 1 saturated heterocycles. The van der Waals surface area contributed by atoms with Crippen molar-refractivity contribution < 1.29 is 18.0 Å². The number of amides is 2. The Bertz CT molecular complexity index is 1030. The van der Waals surface area contributed by atoms with Crippen LogP contribution in [0.15, 0.2) is 36.4 Å². The molecular weight excluding hydrogens is 388 g/mol. The monoisotopic (exact) mass is 406 g/mol. The molecule has 2 amide bonds. The number of aryl methyl sites for hydroxylation is 2. The molecule has 1 atom stereocenters. The molecule has 0 bridgehead atoms. The lowest BCUT2D eigenvalue weighted by atomic mass is 10.1. The van der Waals surface area contributed by atoms with Crippen molar-refractivity contribution in [3.05, 3.63) is 58.1 Å². The lowest BCUT2D eigenvalue weighted by molar-refractivity contribution is -0.119. The fraction of sp³-hybridized carbons (Fsp3) is 0.263. The normalized spacial score (nSPS) is 18.6. The van der Waals surface area contributed by atoms with Crippen LogP contribution >= 0.6 is 11.6 Å². The predicted molar refractivity (Wildman–Crippen MR) is 106 cm³/mol. The Morgan fingerprint density at radius 2 is 1.78 bits per heavy atom. The average molecular weight is 407 g/mol. The minimum atomic E-state index is -3.72. The fourth-order valence-electron chi connectivity index (χ4n) is 3.15. The van der Waals surface area contributed by atoms with Gasteiger partial charge in [0.1, 0.15) is 0 Å². The summed E-state index contributed by atoms with van der Waals surface area (Å²) < 4.78 is 25.2. The summed E-state index contributed by atoms with van der Waals surface area (Å²) in [5.74, 6) is -1.77. The van der Waals surface area contributed by atoms with E-state index in [-0.39, 0.29) is 22.0 Å². The van der Waals surface area contributed by atoms with E-state index in [0.717, 1.165) is 15.4 Å². The molecule has 0 aliphatic carbocycles. The van der Waals surface area contributed by atoms with Crippen LogP contribution in [-0.2, 0) is 14.8 Å². The zero-order chi connectivity index (χ0) is 19.9. The first-order chi connectivity index (χ1) is 12.6. The molecule has 8 heteroatoms. The van der Waals surface area contributed by atoms with E-state index < -0.39 is 27.8 Å². The van der Waals surface area contributed by atoms with E-state index >= 15 is 0 Å². The highest BCUT2D eigenvalue weighted by Crippen LogP contribution is 2.31. The number of carbonyl (C=O) groups excluding carboxylic acids is 2. The average Bonchev–Trinajstić information content (AvgIpc) is 2.73. The van der Waals surface area contributed by atoms with E-state index in [2.05, 4.69) is 5.32 Å². The number of hydrogen-bond acceptors (Lipinski definition) is 4. The van der Waals surface area contributed by atoms with Gasteiger partial charge in [0.15, 0.2) is 0 Å². The number of anilines is 2. The molecule has 0 unspecified atom stereocenters. The fourth-order valence-corrected chi connectivity index (χ4v) is 5.22. The number of nitrogens with zero attached hydrogens (tertiary/aromatic N) is 1. The summed E-state index contributed by atoms with van der Waals surface area (Å²) in [4.78, 5) is 24.7. The number of halogens is 1. The van der Waals surface area contributed by atoms with Gasteiger partial charge in [0, 0.05) is 5.69 Å². The molecule has 0 spiro atoms. The van der Waals surface area contributed by atoms with Crippen LogP contribution in [0.25, 0.3) is 0 Å². The van der Waals surface area contributed by atoms with Gasteiger partial charge in [-0.25, -0.2) is 12.7 Å². The molecule has 2 aromatic carbocycles. The van der Waals surface area contributed by atoms with Gasteiger partial charge in [0.2, 0.25) is 15.9 Å². The maximum absolute atomic E-state index is 12.5. The Hall–Kier alpha value is -2.38. The van der Waals surface area contributed by atoms with E-state index in [4.69, 9.17) is 11.6 Å². The highest BCUT2D eigenvalue weighted by Gasteiger charge is 2.42. The lowest BCUT2D eigenvalue weighted by Gasteiger charge is -2.16. The number of rotatable bonds is 3. The van der Waals surface area contributed by atoms with E-state index in [1.54, 1.807) is 6.92 Å². The Morgan fingerprint density at radius 1 is 1.15 bits per heavy atom. The maximum Gasteiger partial charge on any atom is 0.257 e. The summed E-state index contributed by atoms with van der Waals surface area (Å²) in [6.07, 6.45) is 0. The number of benzene rings is 2. The number of sulfonamides is 1. The van der Waals surface area contributed by atoms with Crippen molar-refractivity contribution in [2.75, 3.05) is 15.4 Å². The van der Waals surface area contributed by atoms with Gasteiger partial charge >= 0.3 is 0 Å². The topological polar surface area (TPSA) is 83.6 Å². The number of nitrogens with one attached hydrogen (secondary N) is 1. The third-order valence-corrected chi connectivity index (χ3v) is 6.45. The van der Waals surface area contributed by atoms with Crippen LogP contribution in [-0.4, -0.2) is 26.0 Å². The first kappa shape index (κ1) is 19.4. The van der Waals surface area contributed by atoms with Crippen molar-refractivity contribution in [3.8, 4) is 0 Å². The van der Waals surface area contributed by atoms with Crippen molar-refractivity contribution in [2.24, 2.45) is 5.92 Å². The molecule has 6 nitrogen and oxygen atoms in total. The third kappa shape index (κ3) is 3.84. The first-order valence-corrected chi connectivity index (χ1v) is 10.3. The molecule has 142 valence electrons. The van der Waals surface area contributed by atoms with Gasteiger partial charge in [-0.2, -0.15) is 0 Å². The summed E-state index contributed by atoms with van der Waals surface area (Å²) in [6, 6.07) is 9.82. The molecule has 27 heavy (non-hydrogen) atoms. The molecule has 1 N–H and O–H groups in total. The van der Waals surface area contributed by atoms with Gasteiger partial charge in [-0.15, -0.1) is 0 Å². The summed E-state index contributed by atoms with van der Waals surface area (Å²) >= 11 is 6.22. The van der Waals surface area contributed by atoms with Crippen LogP contribution in [0.1, 0.15) is 28.4 Å². The van der Waals surface area contributed by atoms with E-state index in [0.29, 0.717) is 5.69 Å². The number of carbonyl (C=O) groups is 2. The van der Waals surface area contributed by atoms with Crippen molar-refractivity contribution in [1.29, 1.82) is 0 Å². The summed E-state index contributed by atoms with van der Waals surface area (Å²) in [6.45, 7) is 5.42. The van der Waals surface area contributed by atoms with Crippen molar-refractivity contribution in [2.45, 2.75) is 20.8 Å². The van der Waals surface area contributed by atoms with Crippen LogP contribution in [0.5, 0.6) is 0 Å². The Labute approximate surface area is 163 Å². The second-order valence-corrected chi connectivity index (χ2v) is 9.05. The quantitative estimate of drug-likeness (QED) is 0.845. The second kappa shape index (κ2) is 6.98. The molecule has 3 rings (SSSR count). The minimum Gasteiger partial charge on any atom is -0.322 e. The van der Waals surface area contributed by atoms with Crippen LogP contribution in [0.2, 0.25) is 5.02 Å². The third-order valence-electron chi connectivity index (χ3n) is 4.27. The standard InChI is InChI=1S/C19H19ClN2O4S/c1-11-6-12(2)8-14(7-11)21-18(23)16-5-4-15(9-17(16)20)22-19(24)13(3)10-27(22,25)26/h4-9,13H,10H2,1-3H3,(H,21,23)/t13-/m0/s1. The molecule has 0 aromatic heterocycles. The first-order valence-electron chi connectivity index (χ1n) is 8.34. The SMILES string of the molecule is Cc1cc(C)cc(NC(=O)c2ccc(N3C(=O)[C@@H](C)CS3(=O)=O)cc2Cl)c1. The molecule has 0 saturated carbocycles. The van der Waals surface area contributed by atoms with Crippen LogP contribution in [0.4, 0.5) is 11.4 Å². The molecule has 1 fully saturated rings. The smallest absolute Gasteiger partial charge is 0.257 e. The van der Waals surface area contributed by atoms with Gasteiger partial charge in [-0.1, -0.05) is 24.6 Å². The summed E-state index contributed by atoms with van der Waals surface area (Å²) in [5, 5.41) is 2.85. The Balaban J connectivity index is 1.89. The highest BCUT2D eigenvalue weighted by atomic mass is 35.5. The largest absolute Gasteiger partial charge is 0.322 e. The van der Waals surface area contributed by atoms with Gasteiger partial charge in [0.25, 0.3) is 5.91 Å². The summed E-state index contributed by atoms with van der Waals surface area (Å²) in [7, 11) is -3.72. The van der Waals surface area contributed by atoms with Crippen LogP contribution < -0.4 is 9.62 Å². The highest BCUT2D eigenvalue weighted by molar-refractivity contribution is 7.94. The molecule has 0 radical (unpaired) electrons. The molecule has 1 aliphatic rings. The molecular formula is C19H19ClN2O4S. The minimum absolute atomic E-state index is 0.0666. The van der Waals surface area contributed by atoms with Crippen LogP contribution in [0.3, 0.4) is 0 Å². The van der Waals surface area contributed by atoms with E-state index in [1.807, 2.05) is 32.0 Å². The van der Waals surface area contributed by atoms with Crippen LogP contribution in [0, 0.1) is 19.8 Å². The van der Waals surface area contributed by atoms with Crippen molar-refractivity contribution in [3.63, 3.8) is 0 Å². The van der Waals surface area contributed by atoms with Gasteiger partial charge in [0.05, 0.1) is 27.9 Å². The van der Waals surface area contributed by atoms with Gasteiger partial charge < -0.3 is 5.32 Å². The molecule has 1 aliphatic heterocycles. The van der Waals surface area contributed by atoms with Gasteiger partial charge in [-0.05, 0) is 55.3 Å². The molecule has 2 aromatic rings. The summed E-state index contributed by atoms with van der Waals surface area (Å²) in [5.41, 5.74) is 3.00. The van der Waals surface area contributed by atoms with Crippen molar-refractivity contribution in [1.82, 2.24) is 0 Å². The van der Waals surface area contributed by atoms with E-state index in [1.165, 1.54) is 18.2 Å². The molecule has 1 heterocycles. The zero-order valence-electron chi connectivity index (χ0n) is 15.1. The zero-order valence-corrected chi connectivity index (χ0v) is 16.7. The lowest BCUT2D eigenvalue weighted by Crippen LogP contribution is -2.30. The van der Waals surface area contributed by atoms with E-state index in [9.17, 15) is 18.0 Å². The number of hydrogen-bond donors (Lipinski definition) is 1. The van der Waals surface area contributed by atoms with Gasteiger partial charge in [-0.3, -0.25) is 9.59 Å². The maximum atomic E-state index is 12.5.